The van der Waals surface area contributed by atoms with Gasteiger partial charge in [0.25, 0.3) is 0 Å². The summed E-state index contributed by atoms with van der Waals surface area (Å²) in [6.07, 6.45) is 0. The standard InChI is InChI=1S/C18H19NO3/c1-18(2,17(20)19-14-6-4-3-5-7-14)13-8-9-15-16(12-13)22-11-10-21-15/h3-9,12H,10-11H2,1-2H3,(H,19,20). The minimum Gasteiger partial charge on any atom is -0.486 e. The smallest absolute Gasteiger partial charge is 0.234 e. The van der Waals surface area contributed by atoms with E-state index in [1.165, 1.54) is 0 Å². The molecule has 4 heteroatoms. The molecule has 1 N–H and O–H groups in total. The van der Waals surface area contributed by atoms with Gasteiger partial charge in [0.05, 0.1) is 5.41 Å². The van der Waals surface area contributed by atoms with Gasteiger partial charge in [0.1, 0.15) is 13.2 Å². The molecule has 2 aromatic carbocycles. The third kappa shape index (κ3) is 2.77. The van der Waals surface area contributed by atoms with Crippen LogP contribution in [0.15, 0.2) is 48.5 Å². The number of carbonyl (C=O) groups is 1. The van der Waals surface area contributed by atoms with Crippen LogP contribution in [0.1, 0.15) is 19.4 Å². The Morgan fingerprint density at radius 3 is 2.41 bits per heavy atom. The van der Waals surface area contributed by atoms with Crippen molar-refractivity contribution >= 4 is 11.6 Å². The largest absolute Gasteiger partial charge is 0.486 e. The van der Waals surface area contributed by atoms with Crippen LogP contribution in [0.3, 0.4) is 0 Å². The molecule has 0 atom stereocenters. The van der Waals surface area contributed by atoms with Gasteiger partial charge in [-0.3, -0.25) is 4.79 Å². The predicted molar refractivity (Wildman–Crippen MR) is 85.5 cm³/mol. The fraction of sp³-hybridized carbons (Fsp3) is 0.278. The molecule has 0 radical (unpaired) electrons. The minimum atomic E-state index is -0.675. The number of hydrogen-bond donors (Lipinski definition) is 1. The molecule has 114 valence electrons. The summed E-state index contributed by atoms with van der Waals surface area (Å²) in [6, 6.07) is 15.1. The highest BCUT2D eigenvalue weighted by Gasteiger charge is 2.31. The number of nitrogens with one attached hydrogen (secondary N) is 1. The van der Waals surface area contributed by atoms with Crippen molar-refractivity contribution < 1.29 is 14.3 Å². The third-order valence-electron chi connectivity index (χ3n) is 3.86. The Kier molecular flexibility index (Phi) is 3.75. The van der Waals surface area contributed by atoms with Crippen LogP contribution >= 0.6 is 0 Å². The quantitative estimate of drug-likeness (QED) is 0.945. The Labute approximate surface area is 130 Å². The normalized spacial score (nSPS) is 13.5. The van der Waals surface area contributed by atoms with Crippen molar-refractivity contribution in [1.29, 1.82) is 0 Å². The van der Waals surface area contributed by atoms with Crippen LogP contribution in [0, 0.1) is 0 Å². The molecular weight excluding hydrogens is 278 g/mol. The first kappa shape index (κ1) is 14.4. The van der Waals surface area contributed by atoms with Crippen LogP contribution in [0.2, 0.25) is 0 Å². The van der Waals surface area contributed by atoms with E-state index in [0.717, 1.165) is 17.0 Å². The van der Waals surface area contributed by atoms with Crippen molar-refractivity contribution in [2.75, 3.05) is 18.5 Å². The lowest BCUT2D eigenvalue weighted by atomic mass is 9.83. The van der Waals surface area contributed by atoms with Crippen LogP contribution in [-0.4, -0.2) is 19.1 Å². The Balaban J connectivity index is 1.84. The van der Waals surface area contributed by atoms with Gasteiger partial charge in [-0.05, 0) is 43.7 Å². The van der Waals surface area contributed by atoms with Crippen LogP contribution in [0.25, 0.3) is 0 Å². The topological polar surface area (TPSA) is 47.6 Å². The number of benzene rings is 2. The molecule has 1 aliphatic heterocycles. The lowest BCUT2D eigenvalue weighted by Gasteiger charge is -2.26. The number of carbonyl (C=O) groups excluding carboxylic acids is 1. The summed E-state index contributed by atoms with van der Waals surface area (Å²) < 4.78 is 11.1. The van der Waals surface area contributed by atoms with E-state index in [2.05, 4.69) is 5.32 Å². The third-order valence-corrected chi connectivity index (χ3v) is 3.86. The van der Waals surface area contributed by atoms with Gasteiger partial charge in [0.15, 0.2) is 11.5 Å². The first-order valence-electron chi connectivity index (χ1n) is 7.34. The maximum absolute atomic E-state index is 12.6. The molecule has 1 amide bonds. The van der Waals surface area contributed by atoms with E-state index in [4.69, 9.17) is 9.47 Å². The second-order valence-electron chi connectivity index (χ2n) is 5.80. The molecule has 2 aromatic rings. The summed E-state index contributed by atoms with van der Waals surface area (Å²) in [6.45, 7) is 4.89. The first-order valence-corrected chi connectivity index (χ1v) is 7.34. The lowest BCUT2D eigenvalue weighted by Crippen LogP contribution is -2.34. The van der Waals surface area contributed by atoms with E-state index in [1.807, 2.05) is 62.4 Å². The highest BCUT2D eigenvalue weighted by Crippen LogP contribution is 2.35. The van der Waals surface area contributed by atoms with Gasteiger partial charge in [-0.25, -0.2) is 0 Å². The van der Waals surface area contributed by atoms with Crippen LogP contribution in [-0.2, 0) is 10.2 Å². The summed E-state index contributed by atoms with van der Waals surface area (Å²) in [7, 11) is 0. The Hall–Kier alpha value is -2.49. The molecule has 0 spiro atoms. The maximum atomic E-state index is 12.6. The van der Waals surface area contributed by atoms with Crippen LogP contribution in [0.4, 0.5) is 5.69 Å². The maximum Gasteiger partial charge on any atom is 0.234 e. The van der Waals surface area contributed by atoms with E-state index >= 15 is 0 Å². The molecule has 0 fully saturated rings. The average Bonchev–Trinajstić information content (AvgIpc) is 2.55. The van der Waals surface area contributed by atoms with Gasteiger partial charge < -0.3 is 14.8 Å². The zero-order valence-corrected chi connectivity index (χ0v) is 12.8. The van der Waals surface area contributed by atoms with Gasteiger partial charge >= 0.3 is 0 Å². The van der Waals surface area contributed by atoms with Gasteiger partial charge in [-0.1, -0.05) is 24.3 Å². The number of amides is 1. The number of para-hydroxylation sites is 1. The monoisotopic (exact) mass is 297 g/mol. The fourth-order valence-corrected chi connectivity index (χ4v) is 2.37. The van der Waals surface area contributed by atoms with Crippen molar-refractivity contribution in [2.24, 2.45) is 0 Å². The molecule has 0 unspecified atom stereocenters. The van der Waals surface area contributed by atoms with E-state index in [-0.39, 0.29) is 5.91 Å². The molecule has 3 rings (SSSR count). The molecule has 0 bridgehead atoms. The summed E-state index contributed by atoms with van der Waals surface area (Å²) in [4.78, 5) is 12.6. The summed E-state index contributed by atoms with van der Waals surface area (Å²) in [5.41, 5.74) is 1.01. The summed E-state index contributed by atoms with van der Waals surface area (Å²) in [5.74, 6) is 1.37. The SMILES string of the molecule is CC(C)(C(=O)Nc1ccccc1)c1ccc2c(c1)OCCO2. The summed E-state index contributed by atoms with van der Waals surface area (Å²) >= 11 is 0. The van der Waals surface area contributed by atoms with Crippen molar-refractivity contribution in [3.63, 3.8) is 0 Å². The molecule has 0 saturated heterocycles. The average molecular weight is 297 g/mol. The van der Waals surface area contributed by atoms with Crippen molar-refractivity contribution in [3.05, 3.63) is 54.1 Å². The van der Waals surface area contributed by atoms with Crippen LogP contribution in [0.5, 0.6) is 11.5 Å². The van der Waals surface area contributed by atoms with Gasteiger partial charge in [0.2, 0.25) is 5.91 Å². The molecule has 22 heavy (non-hydrogen) atoms. The predicted octanol–water partition coefficient (Wildman–Crippen LogP) is 3.37. The number of rotatable bonds is 3. The molecule has 0 aromatic heterocycles. The molecule has 0 aliphatic carbocycles. The number of hydrogen-bond acceptors (Lipinski definition) is 3. The van der Waals surface area contributed by atoms with Crippen molar-refractivity contribution in [1.82, 2.24) is 0 Å². The molecule has 1 aliphatic rings. The molecule has 4 nitrogen and oxygen atoms in total. The Morgan fingerprint density at radius 1 is 1.00 bits per heavy atom. The van der Waals surface area contributed by atoms with Crippen molar-refractivity contribution in [2.45, 2.75) is 19.3 Å². The number of fused-ring (bicyclic) bond motifs is 1. The Bertz CT molecular complexity index is 680. The van der Waals surface area contributed by atoms with E-state index in [0.29, 0.717) is 19.0 Å². The molecular formula is C18H19NO3. The van der Waals surface area contributed by atoms with Gasteiger partial charge in [-0.2, -0.15) is 0 Å². The highest BCUT2D eigenvalue weighted by atomic mass is 16.6. The first-order chi connectivity index (χ1) is 10.6. The highest BCUT2D eigenvalue weighted by molar-refractivity contribution is 5.98. The minimum absolute atomic E-state index is 0.0598. The summed E-state index contributed by atoms with van der Waals surface area (Å²) in [5, 5.41) is 2.95. The Morgan fingerprint density at radius 2 is 1.68 bits per heavy atom. The van der Waals surface area contributed by atoms with Crippen molar-refractivity contribution in [3.8, 4) is 11.5 Å². The van der Waals surface area contributed by atoms with Crippen LogP contribution < -0.4 is 14.8 Å². The van der Waals surface area contributed by atoms with Gasteiger partial charge in [0, 0.05) is 5.69 Å². The van der Waals surface area contributed by atoms with E-state index < -0.39 is 5.41 Å². The molecule has 0 saturated carbocycles. The van der Waals surface area contributed by atoms with E-state index in [1.54, 1.807) is 0 Å². The lowest BCUT2D eigenvalue weighted by molar-refractivity contribution is -0.120. The zero-order valence-electron chi connectivity index (χ0n) is 12.8. The van der Waals surface area contributed by atoms with Gasteiger partial charge in [-0.15, -0.1) is 0 Å². The van der Waals surface area contributed by atoms with E-state index in [9.17, 15) is 4.79 Å². The second-order valence-corrected chi connectivity index (χ2v) is 5.80. The molecule has 1 heterocycles. The fourth-order valence-electron chi connectivity index (χ4n) is 2.37. The zero-order chi connectivity index (χ0) is 15.6. The number of anilines is 1. The second kappa shape index (κ2) is 5.72. The number of ether oxygens (including phenoxy) is 2.